The number of nitrogens with one attached hydrogen (secondary N) is 1. The Morgan fingerprint density at radius 3 is 2.57 bits per heavy atom. The van der Waals surface area contributed by atoms with Gasteiger partial charge in [-0.3, -0.25) is 19.3 Å². The number of halogens is 1. The number of thioether (sulfide) groups is 1. The normalized spacial score (nSPS) is 14.2. The van der Waals surface area contributed by atoms with Gasteiger partial charge in [-0.2, -0.15) is 0 Å². The summed E-state index contributed by atoms with van der Waals surface area (Å²) in [7, 11) is 0. The molecule has 1 aliphatic rings. The molecule has 1 aliphatic heterocycles. The van der Waals surface area contributed by atoms with Crippen LogP contribution in [0.5, 0.6) is 5.75 Å². The van der Waals surface area contributed by atoms with Gasteiger partial charge in [0.25, 0.3) is 11.8 Å². The summed E-state index contributed by atoms with van der Waals surface area (Å²) in [6.45, 7) is 1.10. The third kappa shape index (κ3) is 7.04. The van der Waals surface area contributed by atoms with Gasteiger partial charge in [0.2, 0.25) is 0 Å². The summed E-state index contributed by atoms with van der Waals surface area (Å²) in [4.78, 5) is 48.8. The van der Waals surface area contributed by atoms with Crippen molar-refractivity contribution in [2.45, 2.75) is 6.92 Å². The van der Waals surface area contributed by atoms with E-state index in [1.54, 1.807) is 43.3 Å². The van der Waals surface area contributed by atoms with Gasteiger partial charge < -0.3 is 19.9 Å². The fraction of sp³-hybridized carbons (Fsp3) is 0.174. The molecule has 0 aliphatic carbocycles. The van der Waals surface area contributed by atoms with Gasteiger partial charge in [0.05, 0.1) is 22.1 Å². The summed E-state index contributed by atoms with van der Waals surface area (Å²) in [5.41, 5.74) is 1.18. The summed E-state index contributed by atoms with van der Waals surface area (Å²) >= 11 is 12.1. The van der Waals surface area contributed by atoms with Crippen LogP contribution < -0.4 is 10.1 Å². The number of anilines is 1. The number of hydrogen-bond donors (Lipinski definition) is 2. The second-order valence-electron chi connectivity index (χ2n) is 6.98. The van der Waals surface area contributed by atoms with Crippen LogP contribution in [0.15, 0.2) is 47.4 Å². The van der Waals surface area contributed by atoms with Crippen molar-refractivity contribution in [2.75, 3.05) is 25.1 Å². The lowest BCUT2D eigenvalue weighted by Crippen LogP contribution is -2.33. The Balaban J connectivity index is 1.57. The molecular formula is C23H19ClN2O7S2. The zero-order chi connectivity index (χ0) is 25.5. The first kappa shape index (κ1) is 26.2. The molecule has 0 atom stereocenters. The minimum atomic E-state index is -1.15. The van der Waals surface area contributed by atoms with Gasteiger partial charge in [-0.1, -0.05) is 47.7 Å². The smallest absolute Gasteiger partial charge is 0.339 e. The Bertz CT molecular complexity index is 1210. The monoisotopic (exact) mass is 534 g/mol. The third-order valence-corrected chi connectivity index (χ3v) is 6.17. The summed E-state index contributed by atoms with van der Waals surface area (Å²) in [6.07, 6.45) is 1.60. The summed E-state index contributed by atoms with van der Waals surface area (Å²) in [5, 5.41) is 11.7. The standard InChI is InChI=1S/C23H19ClN2O7S2/c1-2-32-22(31)16-10-14(5-8-17(16)24)25-19(27)12-33-15-6-3-13(4-7-15)9-18-21(30)26(11-20(28)29)23(34)35-18/h3-10H,2,11-12H2,1H3,(H,25,27)(H,28,29)/b18-9-. The molecule has 2 amide bonds. The van der Waals surface area contributed by atoms with Crippen molar-refractivity contribution in [3.05, 3.63) is 63.5 Å². The lowest BCUT2D eigenvalue weighted by atomic mass is 10.2. The number of carboxylic acids is 1. The van der Waals surface area contributed by atoms with Gasteiger partial charge >= 0.3 is 11.9 Å². The number of esters is 1. The molecule has 1 heterocycles. The average Bonchev–Trinajstić information content (AvgIpc) is 3.07. The van der Waals surface area contributed by atoms with E-state index in [1.165, 1.54) is 12.1 Å². The average molecular weight is 535 g/mol. The molecular weight excluding hydrogens is 516 g/mol. The number of rotatable bonds is 9. The van der Waals surface area contributed by atoms with Crippen LogP contribution in [-0.4, -0.2) is 57.8 Å². The first-order valence-corrected chi connectivity index (χ1v) is 11.7. The van der Waals surface area contributed by atoms with E-state index in [2.05, 4.69) is 5.32 Å². The Morgan fingerprint density at radius 1 is 1.20 bits per heavy atom. The Hall–Kier alpha value is -3.41. The molecule has 1 fully saturated rings. The number of thiocarbonyl (C=S) groups is 1. The molecule has 0 radical (unpaired) electrons. The van der Waals surface area contributed by atoms with Gasteiger partial charge in [0, 0.05) is 5.69 Å². The molecule has 0 saturated carbocycles. The highest BCUT2D eigenvalue weighted by atomic mass is 35.5. The van der Waals surface area contributed by atoms with Crippen molar-refractivity contribution in [3.8, 4) is 5.75 Å². The fourth-order valence-corrected chi connectivity index (χ4v) is 4.35. The largest absolute Gasteiger partial charge is 0.484 e. The van der Waals surface area contributed by atoms with E-state index in [0.717, 1.165) is 16.7 Å². The van der Waals surface area contributed by atoms with Crippen LogP contribution >= 0.6 is 35.6 Å². The number of aliphatic carboxylic acids is 1. The lowest BCUT2D eigenvalue weighted by molar-refractivity contribution is -0.140. The highest BCUT2D eigenvalue weighted by Crippen LogP contribution is 2.32. The van der Waals surface area contributed by atoms with Crippen molar-refractivity contribution in [1.29, 1.82) is 0 Å². The molecule has 0 unspecified atom stereocenters. The molecule has 3 rings (SSSR count). The first-order valence-electron chi connectivity index (χ1n) is 10.1. The van der Waals surface area contributed by atoms with Crippen molar-refractivity contribution in [1.82, 2.24) is 4.90 Å². The number of benzene rings is 2. The van der Waals surface area contributed by atoms with Crippen LogP contribution in [0.2, 0.25) is 5.02 Å². The quantitative estimate of drug-likeness (QED) is 0.281. The Labute approximate surface area is 215 Å². The molecule has 12 heteroatoms. The molecule has 1 saturated heterocycles. The molecule has 35 heavy (non-hydrogen) atoms. The van der Waals surface area contributed by atoms with Gasteiger partial charge in [0.15, 0.2) is 6.61 Å². The summed E-state index contributed by atoms with van der Waals surface area (Å²) in [5.74, 6) is -2.24. The van der Waals surface area contributed by atoms with Crippen molar-refractivity contribution < 1.29 is 33.8 Å². The maximum Gasteiger partial charge on any atom is 0.339 e. The maximum absolute atomic E-state index is 12.3. The molecule has 182 valence electrons. The number of carbonyl (C=O) groups excluding carboxylic acids is 3. The lowest BCUT2D eigenvalue weighted by Gasteiger charge is -2.10. The molecule has 2 N–H and O–H groups in total. The van der Waals surface area contributed by atoms with E-state index in [0.29, 0.717) is 21.9 Å². The van der Waals surface area contributed by atoms with Crippen LogP contribution in [0.3, 0.4) is 0 Å². The summed E-state index contributed by atoms with van der Waals surface area (Å²) in [6, 6.07) is 11.1. The number of nitrogens with zero attached hydrogens (tertiary/aromatic N) is 1. The van der Waals surface area contributed by atoms with Crippen LogP contribution in [-0.2, 0) is 19.1 Å². The van der Waals surface area contributed by atoms with Crippen LogP contribution in [0.1, 0.15) is 22.8 Å². The van der Waals surface area contributed by atoms with E-state index in [1.807, 2.05) is 0 Å². The topological polar surface area (TPSA) is 122 Å². The van der Waals surface area contributed by atoms with Gasteiger partial charge in [-0.05, 0) is 48.9 Å². The fourth-order valence-electron chi connectivity index (χ4n) is 2.90. The first-order chi connectivity index (χ1) is 16.7. The Morgan fingerprint density at radius 2 is 1.91 bits per heavy atom. The number of carboxylic acid groups (broad SMARTS) is 1. The third-order valence-electron chi connectivity index (χ3n) is 4.46. The van der Waals surface area contributed by atoms with Crippen LogP contribution in [0, 0.1) is 0 Å². The number of ether oxygens (including phenoxy) is 2. The predicted octanol–water partition coefficient (Wildman–Crippen LogP) is 3.82. The minimum absolute atomic E-state index is 0.141. The number of hydrogen-bond acceptors (Lipinski definition) is 8. The van der Waals surface area contributed by atoms with Gasteiger partial charge in [-0.15, -0.1) is 0 Å². The maximum atomic E-state index is 12.3. The van der Waals surface area contributed by atoms with Gasteiger partial charge in [-0.25, -0.2) is 4.79 Å². The van der Waals surface area contributed by atoms with Crippen molar-refractivity contribution in [3.63, 3.8) is 0 Å². The second kappa shape index (κ2) is 11.8. The predicted molar refractivity (Wildman–Crippen MR) is 135 cm³/mol. The van der Waals surface area contributed by atoms with Crippen molar-refractivity contribution in [2.24, 2.45) is 0 Å². The van der Waals surface area contributed by atoms with E-state index in [4.69, 9.17) is 38.4 Å². The number of amides is 2. The van der Waals surface area contributed by atoms with E-state index >= 15 is 0 Å². The minimum Gasteiger partial charge on any atom is -0.484 e. The SMILES string of the molecule is CCOC(=O)c1cc(NC(=O)COc2ccc(/C=C3\SC(=S)N(CC(=O)O)C3=O)cc2)ccc1Cl. The zero-order valence-corrected chi connectivity index (χ0v) is 20.7. The van der Waals surface area contributed by atoms with Crippen molar-refractivity contribution >= 4 is 75.4 Å². The molecule has 2 aromatic rings. The molecule has 0 spiro atoms. The highest BCUT2D eigenvalue weighted by molar-refractivity contribution is 8.26. The zero-order valence-electron chi connectivity index (χ0n) is 18.3. The van der Waals surface area contributed by atoms with E-state index < -0.39 is 30.3 Å². The molecule has 9 nitrogen and oxygen atoms in total. The van der Waals surface area contributed by atoms with Crippen LogP contribution in [0.4, 0.5) is 5.69 Å². The second-order valence-corrected chi connectivity index (χ2v) is 9.07. The Kier molecular flexibility index (Phi) is 8.85. The van der Waals surface area contributed by atoms with Gasteiger partial charge in [0.1, 0.15) is 16.6 Å². The van der Waals surface area contributed by atoms with E-state index in [-0.39, 0.29) is 28.1 Å². The van der Waals surface area contributed by atoms with Crippen LogP contribution in [0.25, 0.3) is 6.08 Å². The molecule has 0 aromatic heterocycles. The molecule has 2 aromatic carbocycles. The summed E-state index contributed by atoms with van der Waals surface area (Å²) < 4.78 is 10.6. The highest BCUT2D eigenvalue weighted by Gasteiger charge is 2.33. The number of carbonyl (C=O) groups is 4. The molecule has 0 bridgehead atoms. The van der Waals surface area contributed by atoms with E-state index in [9.17, 15) is 19.2 Å².